The van der Waals surface area contributed by atoms with E-state index in [2.05, 4.69) is 31.2 Å². The first kappa shape index (κ1) is 11.8. The average Bonchev–Trinajstić information content (AvgIpc) is 2.28. The van der Waals surface area contributed by atoms with Gasteiger partial charge in [-0.25, -0.2) is 14.4 Å². The Bertz CT molecular complexity index is 542. The first-order chi connectivity index (χ1) is 8.10. The highest BCUT2D eigenvalue weighted by Gasteiger charge is 2.08. The maximum Gasteiger partial charge on any atom is 0.161 e. The lowest BCUT2D eigenvalue weighted by Crippen LogP contribution is -1.97. The summed E-state index contributed by atoms with van der Waals surface area (Å²) in [5.41, 5.74) is 0.423. The molecule has 0 spiro atoms. The van der Waals surface area contributed by atoms with Crippen molar-refractivity contribution in [2.75, 3.05) is 12.4 Å². The zero-order valence-corrected chi connectivity index (χ0v) is 10.5. The number of phenolic OH excluding ortho intramolecular Hbond substituents is 1. The van der Waals surface area contributed by atoms with Crippen LogP contribution in [0.25, 0.3) is 11.4 Å². The standard InChI is InChI=1S/C11H9BrFN3O/c1-14-11-9(12)5-15-10(16-11)6-2-7(13)4-8(17)3-6/h2-5,17H,1H3,(H,14,15,16). The molecule has 88 valence electrons. The molecular weight excluding hydrogens is 289 g/mol. The Labute approximate surface area is 106 Å². The van der Waals surface area contributed by atoms with E-state index < -0.39 is 5.82 Å². The van der Waals surface area contributed by atoms with Crippen molar-refractivity contribution in [3.05, 3.63) is 34.7 Å². The second kappa shape index (κ2) is 4.67. The highest BCUT2D eigenvalue weighted by molar-refractivity contribution is 9.10. The Hall–Kier alpha value is -1.69. The summed E-state index contributed by atoms with van der Waals surface area (Å²) in [5, 5.41) is 12.2. The van der Waals surface area contributed by atoms with Crippen LogP contribution in [0.15, 0.2) is 28.9 Å². The van der Waals surface area contributed by atoms with Crippen molar-refractivity contribution in [3.63, 3.8) is 0 Å². The van der Waals surface area contributed by atoms with Crippen molar-refractivity contribution in [2.45, 2.75) is 0 Å². The normalized spacial score (nSPS) is 10.3. The fourth-order valence-electron chi connectivity index (χ4n) is 1.38. The second-order valence-corrected chi connectivity index (χ2v) is 4.19. The van der Waals surface area contributed by atoms with Crippen molar-refractivity contribution in [2.24, 2.45) is 0 Å². The summed E-state index contributed by atoms with van der Waals surface area (Å²) < 4.78 is 13.8. The molecule has 0 radical (unpaired) electrons. The Balaban J connectivity index is 2.52. The molecule has 0 saturated carbocycles. The molecule has 0 bridgehead atoms. The van der Waals surface area contributed by atoms with Gasteiger partial charge in [0.2, 0.25) is 0 Å². The largest absolute Gasteiger partial charge is 0.508 e. The minimum atomic E-state index is -0.530. The predicted molar refractivity (Wildman–Crippen MR) is 66.3 cm³/mol. The molecule has 0 amide bonds. The maximum absolute atomic E-state index is 13.1. The molecule has 0 aliphatic carbocycles. The lowest BCUT2D eigenvalue weighted by molar-refractivity contribution is 0.469. The molecule has 1 aromatic carbocycles. The molecule has 0 fully saturated rings. The van der Waals surface area contributed by atoms with Crippen molar-refractivity contribution in [1.29, 1.82) is 0 Å². The smallest absolute Gasteiger partial charge is 0.161 e. The zero-order valence-electron chi connectivity index (χ0n) is 8.91. The van der Waals surface area contributed by atoms with E-state index in [0.29, 0.717) is 21.7 Å². The quantitative estimate of drug-likeness (QED) is 0.895. The molecule has 2 aromatic rings. The van der Waals surface area contributed by atoms with E-state index in [1.165, 1.54) is 12.1 Å². The Morgan fingerprint density at radius 2 is 2.12 bits per heavy atom. The van der Waals surface area contributed by atoms with Gasteiger partial charge >= 0.3 is 0 Å². The summed E-state index contributed by atoms with van der Waals surface area (Å²) >= 11 is 3.28. The van der Waals surface area contributed by atoms with Crippen LogP contribution in [0.3, 0.4) is 0 Å². The number of nitrogens with one attached hydrogen (secondary N) is 1. The first-order valence-electron chi connectivity index (χ1n) is 4.80. The van der Waals surface area contributed by atoms with Crippen LogP contribution in [-0.2, 0) is 0 Å². The number of benzene rings is 1. The van der Waals surface area contributed by atoms with Gasteiger partial charge in [-0.05, 0) is 28.1 Å². The van der Waals surface area contributed by atoms with Crippen LogP contribution in [0.1, 0.15) is 0 Å². The summed E-state index contributed by atoms with van der Waals surface area (Å²) in [5.74, 6) is 0.251. The van der Waals surface area contributed by atoms with E-state index in [-0.39, 0.29) is 5.75 Å². The van der Waals surface area contributed by atoms with Crippen molar-refractivity contribution in [3.8, 4) is 17.1 Å². The third kappa shape index (κ3) is 2.52. The Morgan fingerprint density at radius 3 is 2.76 bits per heavy atom. The SMILES string of the molecule is CNc1nc(-c2cc(O)cc(F)c2)ncc1Br. The highest BCUT2D eigenvalue weighted by atomic mass is 79.9. The lowest BCUT2D eigenvalue weighted by atomic mass is 10.2. The fraction of sp³-hybridized carbons (Fsp3) is 0.0909. The number of hydrogen-bond donors (Lipinski definition) is 2. The van der Waals surface area contributed by atoms with E-state index in [1.54, 1.807) is 13.2 Å². The summed E-state index contributed by atoms with van der Waals surface area (Å²) in [6.45, 7) is 0. The van der Waals surface area contributed by atoms with E-state index in [0.717, 1.165) is 6.07 Å². The number of rotatable bonds is 2. The fourth-order valence-corrected chi connectivity index (χ4v) is 1.77. The molecule has 0 aliphatic rings. The van der Waals surface area contributed by atoms with Gasteiger partial charge < -0.3 is 10.4 Å². The van der Waals surface area contributed by atoms with Gasteiger partial charge in [0.15, 0.2) is 5.82 Å². The summed E-state index contributed by atoms with van der Waals surface area (Å²) in [6.07, 6.45) is 1.57. The Morgan fingerprint density at radius 1 is 1.35 bits per heavy atom. The van der Waals surface area contributed by atoms with E-state index in [9.17, 15) is 9.50 Å². The molecule has 1 aromatic heterocycles. The molecule has 2 N–H and O–H groups in total. The number of hydrogen-bond acceptors (Lipinski definition) is 4. The third-order valence-corrected chi connectivity index (χ3v) is 2.70. The van der Waals surface area contributed by atoms with Crippen LogP contribution in [0.5, 0.6) is 5.75 Å². The maximum atomic E-state index is 13.1. The third-order valence-electron chi connectivity index (χ3n) is 2.12. The summed E-state index contributed by atoms with van der Waals surface area (Å²) in [7, 11) is 1.72. The van der Waals surface area contributed by atoms with Gasteiger partial charge in [0.05, 0.1) is 4.47 Å². The summed E-state index contributed by atoms with van der Waals surface area (Å²) in [4.78, 5) is 8.26. The first-order valence-corrected chi connectivity index (χ1v) is 5.59. The van der Waals surface area contributed by atoms with Gasteiger partial charge in [-0.3, -0.25) is 0 Å². The monoisotopic (exact) mass is 297 g/mol. The van der Waals surface area contributed by atoms with Crippen LogP contribution in [0.4, 0.5) is 10.2 Å². The van der Waals surface area contributed by atoms with Crippen molar-refractivity contribution in [1.82, 2.24) is 9.97 Å². The van der Waals surface area contributed by atoms with Crippen LogP contribution >= 0.6 is 15.9 Å². The molecule has 0 atom stereocenters. The van der Waals surface area contributed by atoms with E-state index >= 15 is 0 Å². The number of anilines is 1. The van der Waals surface area contributed by atoms with Gasteiger partial charge in [0, 0.05) is 24.9 Å². The van der Waals surface area contributed by atoms with Gasteiger partial charge in [-0.1, -0.05) is 0 Å². The van der Waals surface area contributed by atoms with E-state index in [1.807, 2.05) is 0 Å². The van der Waals surface area contributed by atoms with Crippen LogP contribution in [0.2, 0.25) is 0 Å². The van der Waals surface area contributed by atoms with Gasteiger partial charge in [-0.15, -0.1) is 0 Å². The van der Waals surface area contributed by atoms with E-state index in [4.69, 9.17) is 0 Å². The highest BCUT2D eigenvalue weighted by Crippen LogP contribution is 2.25. The topological polar surface area (TPSA) is 58.0 Å². The molecule has 0 unspecified atom stereocenters. The number of phenols is 1. The number of aromatic hydroxyl groups is 1. The molecule has 2 rings (SSSR count). The van der Waals surface area contributed by atoms with Gasteiger partial charge in [0.1, 0.15) is 17.4 Å². The van der Waals surface area contributed by atoms with Crippen LogP contribution in [-0.4, -0.2) is 22.1 Å². The molecule has 6 heteroatoms. The van der Waals surface area contributed by atoms with Gasteiger partial charge in [0.25, 0.3) is 0 Å². The van der Waals surface area contributed by atoms with Crippen molar-refractivity contribution >= 4 is 21.7 Å². The zero-order chi connectivity index (χ0) is 12.4. The Kier molecular flexibility index (Phi) is 3.23. The molecule has 17 heavy (non-hydrogen) atoms. The molecular formula is C11H9BrFN3O. The number of halogens is 2. The predicted octanol–water partition coefficient (Wildman–Crippen LogP) is 2.79. The molecule has 0 aliphatic heterocycles. The second-order valence-electron chi connectivity index (χ2n) is 3.34. The molecule has 0 saturated heterocycles. The molecule has 4 nitrogen and oxygen atoms in total. The lowest BCUT2D eigenvalue weighted by Gasteiger charge is -2.06. The minimum Gasteiger partial charge on any atom is -0.508 e. The molecule has 1 heterocycles. The number of nitrogens with zero attached hydrogens (tertiary/aromatic N) is 2. The summed E-state index contributed by atoms with van der Waals surface area (Å²) in [6, 6.07) is 3.70. The van der Waals surface area contributed by atoms with Crippen molar-refractivity contribution < 1.29 is 9.50 Å². The average molecular weight is 298 g/mol. The van der Waals surface area contributed by atoms with Crippen LogP contribution < -0.4 is 5.32 Å². The number of aromatic nitrogens is 2. The van der Waals surface area contributed by atoms with Crippen LogP contribution in [0, 0.1) is 5.82 Å². The van der Waals surface area contributed by atoms with Gasteiger partial charge in [-0.2, -0.15) is 0 Å². The minimum absolute atomic E-state index is 0.155.